The van der Waals surface area contributed by atoms with Gasteiger partial charge in [0.25, 0.3) is 0 Å². The molecule has 104 valence electrons. The molecule has 2 N–H and O–H groups in total. The van der Waals surface area contributed by atoms with E-state index in [1.54, 1.807) is 5.56 Å². The lowest BCUT2D eigenvalue weighted by molar-refractivity contribution is 0.538. The molecule has 1 heterocycles. The molecule has 19 heavy (non-hydrogen) atoms. The summed E-state index contributed by atoms with van der Waals surface area (Å²) in [6.45, 7) is 3.31. The van der Waals surface area contributed by atoms with Crippen molar-refractivity contribution < 1.29 is 0 Å². The van der Waals surface area contributed by atoms with Gasteiger partial charge in [0.05, 0.1) is 0 Å². The van der Waals surface area contributed by atoms with E-state index >= 15 is 0 Å². The zero-order chi connectivity index (χ0) is 13.1. The molecule has 1 fully saturated rings. The van der Waals surface area contributed by atoms with E-state index < -0.39 is 0 Å². The molecule has 0 atom stereocenters. The molecule has 1 aromatic rings. The highest BCUT2D eigenvalue weighted by atomic mass is 15.1. The smallest absolute Gasteiger partial charge is 0.0402 e. The standard InChI is InChI=1S/C17H26N2/c18-11-4-8-15-7-3-9-17-16(15)10-12-19(17)13-14-5-1-2-6-14/h3,7,9,14H,1-2,4-6,8,10-13,18H2. The average molecular weight is 258 g/mol. The van der Waals surface area contributed by atoms with Gasteiger partial charge in [-0.2, -0.15) is 0 Å². The largest absolute Gasteiger partial charge is 0.371 e. The van der Waals surface area contributed by atoms with Crippen LogP contribution in [-0.2, 0) is 12.8 Å². The Kier molecular flexibility index (Phi) is 4.07. The Labute approximate surface area is 117 Å². The summed E-state index contributed by atoms with van der Waals surface area (Å²) in [4.78, 5) is 2.64. The van der Waals surface area contributed by atoms with E-state index in [4.69, 9.17) is 5.73 Å². The predicted molar refractivity (Wildman–Crippen MR) is 81.7 cm³/mol. The van der Waals surface area contributed by atoms with Crippen molar-refractivity contribution in [1.82, 2.24) is 0 Å². The molecule has 0 bridgehead atoms. The number of benzene rings is 1. The van der Waals surface area contributed by atoms with E-state index in [1.807, 2.05) is 0 Å². The lowest BCUT2D eigenvalue weighted by Crippen LogP contribution is -2.26. The highest BCUT2D eigenvalue weighted by Gasteiger charge is 2.25. The molecule has 0 aromatic heterocycles. The molecular weight excluding hydrogens is 232 g/mol. The number of nitrogens with two attached hydrogens (primary N) is 1. The first-order chi connectivity index (χ1) is 9.38. The lowest BCUT2D eigenvalue weighted by Gasteiger charge is -2.23. The molecule has 2 heteroatoms. The fraction of sp³-hybridized carbons (Fsp3) is 0.647. The van der Waals surface area contributed by atoms with E-state index in [2.05, 4.69) is 23.1 Å². The molecule has 3 rings (SSSR count). The maximum atomic E-state index is 5.65. The van der Waals surface area contributed by atoms with Gasteiger partial charge in [-0.3, -0.25) is 0 Å². The predicted octanol–water partition coefficient (Wildman–Crippen LogP) is 3.13. The molecule has 2 aliphatic rings. The molecule has 1 aliphatic carbocycles. The van der Waals surface area contributed by atoms with Gasteiger partial charge in [0.2, 0.25) is 0 Å². The van der Waals surface area contributed by atoms with Crippen LogP contribution in [0.15, 0.2) is 18.2 Å². The molecule has 2 nitrogen and oxygen atoms in total. The molecule has 1 aliphatic heterocycles. The van der Waals surface area contributed by atoms with Crippen LogP contribution in [0.1, 0.15) is 43.2 Å². The van der Waals surface area contributed by atoms with Gasteiger partial charge in [0, 0.05) is 18.8 Å². The maximum absolute atomic E-state index is 5.65. The number of anilines is 1. The second-order valence-electron chi connectivity index (χ2n) is 6.15. The van der Waals surface area contributed by atoms with Gasteiger partial charge in [-0.1, -0.05) is 25.0 Å². The maximum Gasteiger partial charge on any atom is 0.0402 e. The highest BCUT2D eigenvalue weighted by molar-refractivity contribution is 5.61. The Morgan fingerprint density at radius 2 is 2.05 bits per heavy atom. The fourth-order valence-corrected chi connectivity index (χ4v) is 3.79. The van der Waals surface area contributed by atoms with Crippen molar-refractivity contribution in [3.63, 3.8) is 0 Å². The van der Waals surface area contributed by atoms with Crippen LogP contribution in [-0.4, -0.2) is 19.6 Å². The fourth-order valence-electron chi connectivity index (χ4n) is 3.79. The topological polar surface area (TPSA) is 29.3 Å². The molecule has 0 saturated heterocycles. The van der Waals surface area contributed by atoms with Crippen molar-refractivity contribution in [3.05, 3.63) is 29.3 Å². The highest BCUT2D eigenvalue weighted by Crippen LogP contribution is 2.34. The lowest BCUT2D eigenvalue weighted by atomic mass is 10.0. The SMILES string of the molecule is NCCCc1cccc2c1CCN2CC1CCCC1. The molecule has 1 saturated carbocycles. The van der Waals surface area contributed by atoms with Gasteiger partial charge >= 0.3 is 0 Å². The molecular formula is C17H26N2. The van der Waals surface area contributed by atoms with Crippen molar-refractivity contribution in [2.45, 2.75) is 44.9 Å². The zero-order valence-electron chi connectivity index (χ0n) is 11.9. The third kappa shape index (κ3) is 2.79. The van der Waals surface area contributed by atoms with Crippen LogP contribution >= 0.6 is 0 Å². The van der Waals surface area contributed by atoms with Gasteiger partial charge < -0.3 is 10.6 Å². The van der Waals surface area contributed by atoms with Crippen LogP contribution in [0, 0.1) is 5.92 Å². The summed E-state index contributed by atoms with van der Waals surface area (Å²) in [6, 6.07) is 6.86. The van der Waals surface area contributed by atoms with Crippen LogP contribution in [0.4, 0.5) is 5.69 Å². The Bertz CT molecular complexity index is 421. The van der Waals surface area contributed by atoms with E-state index in [-0.39, 0.29) is 0 Å². The van der Waals surface area contributed by atoms with Crippen molar-refractivity contribution in [3.8, 4) is 0 Å². The van der Waals surface area contributed by atoms with Crippen LogP contribution in [0.2, 0.25) is 0 Å². The quantitative estimate of drug-likeness (QED) is 0.879. The van der Waals surface area contributed by atoms with Crippen molar-refractivity contribution >= 4 is 5.69 Å². The first kappa shape index (κ1) is 13.0. The number of hydrogen-bond donors (Lipinski definition) is 1. The van der Waals surface area contributed by atoms with E-state index in [1.165, 1.54) is 56.4 Å². The summed E-state index contributed by atoms with van der Waals surface area (Å²) < 4.78 is 0. The first-order valence-corrected chi connectivity index (χ1v) is 7.94. The number of aryl methyl sites for hydroxylation is 1. The summed E-state index contributed by atoms with van der Waals surface area (Å²) in [5, 5.41) is 0. The molecule has 1 aromatic carbocycles. The third-order valence-corrected chi connectivity index (χ3v) is 4.82. The van der Waals surface area contributed by atoms with Gasteiger partial charge in [-0.05, 0) is 61.8 Å². The van der Waals surface area contributed by atoms with E-state index in [9.17, 15) is 0 Å². The van der Waals surface area contributed by atoms with Crippen LogP contribution < -0.4 is 10.6 Å². The Hall–Kier alpha value is -1.02. The zero-order valence-corrected chi connectivity index (χ0v) is 11.9. The average Bonchev–Trinajstić information content (AvgIpc) is 3.07. The second kappa shape index (κ2) is 5.96. The number of rotatable bonds is 5. The van der Waals surface area contributed by atoms with Crippen LogP contribution in [0.3, 0.4) is 0 Å². The minimum Gasteiger partial charge on any atom is -0.371 e. The van der Waals surface area contributed by atoms with Crippen molar-refractivity contribution in [1.29, 1.82) is 0 Å². The van der Waals surface area contributed by atoms with Crippen molar-refractivity contribution in [2.24, 2.45) is 11.7 Å². The normalized spacial score (nSPS) is 19.1. The minimum absolute atomic E-state index is 0.801. The van der Waals surface area contributed by atoms with Crippen LogP contribution in [0.25, 0.3) is 0 Å². The Morgan fingerprint density at radius 3 is 2.84 bits per heavy atom. The number of hydrogen-bond acceptors (Lipinski definition) is 2. The van der Waals surface area contributed by atoms with Gasteiger partial charge in [-0.25, -0.2) is 0 Å². The molecule has 0 unspecified atom stereocenters. The van der Waals surface area contributed by atoms with E-state index in [0.29, 0.717) is 0 Å². The number of nitrogens with zero attached hydrogens (tertiary/aromatic N) is 1. The molecule has 0 amide bonds. The second-order valence-corrected chi connectivity index (χ2v) is 6.15. The third-order valence-electron chi connectivity index (χ3n) is 4.82. The van der Waals surface area contributed by atoms with Crippen molar-refractivity contribution in [2.75, 3.05) is 24.5 Å². The van der Waals surface area contributed by atoms with E-state index in [0.717, 1.165) is 25.3 Å². The summed E-state index contributed by atoms with van der Waals surface area (Å²) in [5.74, 6) is 0.943. The monoisotopic (exact) mass is 258 g/mol. The van der Waals surface area contributed by atoms with Crippen LogP contribution in [0.5, 0.6) is 0 Å². The summed E-state index contributed by atoms with van der Waals surface area (Å²) in [7, 11) is 0. The van der Waals surface area contributed by atoms with Gasteiger partial charge in [-0.15, -0.1) is 0 Å². The summed E-state index contributed by atoms with van der Waals surface area (Å²) in [6.07, 6.45) is 9.28. The number of fused-ring (bicyclic) bond motifs is 1. The summed E-state index contributed by atoms with van der Waals surface area (Å²) >= 11 is 0. The first-order valence-electron chi connectivity index (χ1n) is 7.94. The van der Waals surface area contributed by atoms with Gasteiger partial charge in [0.1, 0.15) is 0 Å². The molecule has 0 radical (unpaired) electrons. The Balaban J connectivity index is 1.72. The molecule has 0 spiro atoms. The Morgan fingerprint density at radius 1 is 1.21 bits per heavy atom. The van der Waals surface area contributed by atoms with Gasteiger partial charge in [0.15, 0.2) is 0 Å². The minimum atomic E-state index is 0.801. The summed E-state index contributed by atoms with van der Waals surface area (Å²) in [5.41, 5.74) is 10.3.